The molecule has 1 saturated heterocycles. The van der Waals surface area contributed by atoms with Crippen LogP contribution >= 0.6 is 0 Å². The predicted molar refractivity (Wildman–Crippen MR) is 65.9 cm³/mol. The zero-order valence-electron chi connectivity index (χ0n) is 10.9. The molecule has 1 atom stereocenters. The molecule has 1 heteroatoms. The van der Waals surface area contributed by atoms with Crippen LogP contribution in [0, 0.1) is 23.7 Å². The molecule has 1 saturated carbocycles. The summed E-state index contributed by atoms with van der Waals surface area (Å²) in [6.45, 7) is 12.2. The second-order valence-electron chi connectivity index (χ2n) is 6.37. The monoisotopic (exact) mass is 209 g/mol. The lowest BCUT2D eigenvalue weighted by Gasteiger charge is -2.41. The van der Waals surface area contributed by atoms with Gasteiger partial charge < -0.3 is 4.90 Å². The van der Waals surface area contributed by atoms with Crippen LogP contribution in [-0.4, -0.2) is 24.0 Å². The normalized spacial score (nSPS) is 37.6. The maximum absolute atomic E-state index is 2.66. The summed E-state index contributed by atoms with van der Waals surface area (Å²) in [6, 6.07) is 0.760. The average Bonchev–Trinajstić information content (AvgIpc) is 2.49. The van der Waals surface area contributed by atoms with Gasteiger partial charge in [0.2, 0.25) is 0 Å². The van der Waals surface area contributed by atoms with Gasteiger partial charge in [-0.1, -0.05) is 13.8 Å². The Bertz CT molecular complexity index is 203. The quantitative estimate of drug-likeness (QED) is 0.688. The standard InChI is InChI=1S/C14H27N/c1-10(2)13-7-14(8-13)12-5-6-15(9-12)11(3)4/h10-14H,5-9H2,1-4H3. The van der Waals surface area contributed by atoms with Crippen LogP contribution in [0.25, 0.3) is 0 Å². The molecule has 2 rings (SSSR count). The zero-order valence-corrected chi connectivity index (χ0v) is 10.9. The minimum absolute atomic E-state index is 0.760. The fourth-order valence-electron chi connectivity index (χ4n) is 3.31. The molecule has 0 radical (unpaired) electrons. The van der Waals surface area contributed by atoms with Gasteiger partial charge in [-0.25, -0.2) is 0 Å². The maximum atomic E-state index is 2.66. The number of likely N-dealkylation sites (tertiary alicyclic amines) is 1. The molecule has 2 fully saturated rings. The van der Waals surface area contributed by atoms with Crippen molar-refractivity contribution in [3.8, 4) is 0 Å². The summed E-state index contributed by atoms with van der Waals surface area (Å²) in [6.07, 6.45) is 4.51. The Morgan fingerprint density at radius 1 is 1.00 bits per heavy atom. The summed E-state index contributed by atoms with van der Waals surface area (Å²) in [5.74, 6) is 4.07. The highest BCUT2D eigenvalue weighted by atomic mass is 15.2. The van der Waals surface area contributed by atoms with Crippen molar-refractivity contribution >= 4 is 0 Å². The van der Waals surface area contributed by atoms with E-state index in [1.54, 1.807) is 0 Å². The van der Waals surface area contributed by atoms with Crippen LogP contribution in [-0.2, 0) is 0 Å². The van der Waals surface area contributed by atoms with E-state index in [0.717, 1.165) is 29.7 Å². The van der Waals surface area contributed by atoms with Crippen molar-refractivity contribution in [2.45, 2.75) is 53.0 Å². The smallest absolute Gasteiger partial charge is 0.00387 e. The SMILES string of the molecule is CC(C)C1CC(C2CCN(C(C)C)C2)C1. The van der Waals surface area contributed by atoms with Gasteiger partial charge in [-0.05, 0) is 63.3 Å². The van der Waals surface area contributed by atoms with Gasteiger partial charge in [0.1, 0.15) is 0 Å². The van der Waals surface area contributed by atoms with Crippen LogP contribution in [0.3, 0.4) is 0 Å². The van der Waals surface area contributed by atoms with E-state index in [4.69, 9.17) is 0 Å². The molecule has 15 heavy (non-hydrogen) atoms. The highest BCUT2D eigenvalue weighted by Crippen LogP contribution is 2.45. The Kier molecular flexibility index (Phi) is 3.39. The third kappa shape index (κ3) is 2.38. The Morgan fingerprint density at radius 3 is 2.13 bits per heavy atom. The minimum atomic E-state index is 0.760. The van der Waals surface area contributed by atoms with Crippen molar-refractivity contribution in [2.75, 3.05) is 13.1 Å². The fraction of sp³-hybridized carbons (Fsp3) is 1.00. The van der Waals surface area contributed by atoms with Gasteiger partial charge in [0.15, 0.2) is 0 Å². The van der Waals surface area contributed by atoms with E-state index in [1.807, 2.05) is 0 Å². The molecule has 2 aliphatic rings. The van der Waals surface area contributed by atoms with E-state index in [0.29, 0.717) is 0 Å². The third-order valence-corrected chi connectivity index (χ3v) is 4.81. The summed E-state index contributed by atoms with van der Waals surface area (Å²) >= 11 is 0. The van der Waals surface area contributed by atoms with E-state index >= 15 is 0 Å². The van der Waals surface area contributed by atoms with Crippen LogP contribution in [0.1, 0.15) is 47.0 Å². The Balaban J connectivity index is 1.74. The molecule has 0 aromatic heterocycles. The first kappa shape index (κ1) is 11.4. The molecule has 0 aromatic rings. The Hall–Kier alpha value is -0.0400. The molecule has 0 bridgehead atoms. The second-order valence-corrected chi connectivity index (χ2v) is 6.37. The molecule has 1 heterocycles. The van der Waals surface area contributed by atoms with Gasteiger partial charge in [0.05, 0.1) is 0 Å². The second kappa shape index (κ2) is 4.45. The largest absolute Gasteiger partial charge is 0.301 e. The van der Waals surface area contributed by atoms with Crippen molar-refractivity contribution in [1.82, 2.24) is 4.90 Å². The summed E-state index contributed by atoms with van der Waals surface area (Å²) in [5.41, 5.74) is 0. The van der Waals surface area contributed by atoms with Crippen molar-refractivity contribution in [1.29, 1.82) is 0 Å². The van der Waals surface area contributed by atoms with E-state index in [1.165, 1.54) is 32.4 Å². The molecule has 0 N–H and O–H groups in total. The Labute approximate surface area is 95.2 Å². The third-order valence-electron chi connectivity index (χ3n) is 4.81. The van der Waals surface area contributed by atoms with Gasteiger partial charge in [0, 0.05) is 12.6 Å². The molecular weight excluding hydrogens is 182 g/mol. The molecule has 0 spiro atoms. The summed E-state index contributed by atoms with van der Waals surface area (Å²) < 4.78 is 0. The lowest BCUT2D eigenvalue weighted by Crippen LogP contribution is -2.35. The van der Waals surface area contributed by atoms with E-state index in [2.05, 4.69) is 32.6 Å². The van der Waals surface area contributed by atoms with Gasteiger partial charge >= 0.3 is 0 Å². The van der Waals surface area contributed by atoms with Gasteiger partial charge in [-0.3, -0.25) is 0 Å². The summed E-state index contributed by atoms with van der Waals surface area (Å²) in [4.78, 5) is 2.66. The molecule has 1 aliphatic heterocycles. The first-order valence-corrected chi connectivity index (χ1v) is 6.82. The van der Waals surface area contributed by atoms with Crippen LogP contribution < -0.4 is 0 Å². The van der Waals surface area contributed by atoms with Crippen LogP contribution in [0.15, 0.2) is 0 Å². The maximum Gasteiger partial charge on any atom is 0.00387 e. The molecule has 88 valence electrons. The molecule has 1 aliphatic carbocycles. The topological polar surface area (TPSA) is 3.24 Å². The van der Waals surface area contributed by atoms with Crippen molar-refractivity contribution < 1.29 is 0 Å². The van der Waals surface area contributed by atoms with Crippen LogP contribution in [0.4, 0.5) is 0 Å². The van der Waals surface area contributed by atoms with Crippen molar-refractivity contribution in [2.24, 2.45) is 23.7 Å². The van der Waals surface area contributed by atoms with Crippen molar-refractivity contribution in [3.05, 3.63) is 0 Å². The van der Waals surface area contributed by atoms with E-state index in [9.17, 15) is 0 Å². The lowest BCUT2D eigenvalue weighted by atomic mass is 9.64. The average molecular weight is 209 g/mol. The molecular formula is C14H27N. The first-order chi connectivity index (χ1) is 7.08. The minimum Gasteiger partial charge on any atom is -0.301 e. The van der Waals surface area contributed by atoms with Gasteiger partial charge in [0.25, 0.3) is 0 Å². The molecule has 1 unspecified atom stereocenters. The molecule has 1 nitrogen and oxygen atoms in total. The van der Waals surface area contributed by atoms with Crippen LogP contribution in [0.2, 0.25) is 0 Å². The van der Waals surface area contributed by atoms with E-state index < -0.39 is 0 Å². The predicted octanol–water partition coefficient (Wildman–Crippen LogP) is 3.40. The zero-order chi connectivity index (χ0) is 11.0. The van der Waals surface area contributed by atoms with Gasteiger partial charge in [-0.15, -0.1) is 0 Å². The fourth-order valence-corrected chi connectivity index (χ4v) is 3.31. The highest BCUT2D eigenvalue weighted by Gasteiger charge is 2.39. The highest BCUT2D eigenvalue weighted by molar-refractivity contribution is 4.90. The van der Waals surface area contributed by atoms with Crippen LogP contribution in [0.5, 0.6) is 0 Å². The van der Waals surface area contributed by atoms with E-state index in [-0.39, 0.29) is 0 Å². The first-order valence-electron chi connectivity index (χ1n) is 6.82. The summed E-state index contributed by atoms with van der Waals surface area (Å²) in [5, 5.41) is 0. The Morgan fingerprint density at radius 2 is 1.67 bits per heavy atom. The summed E-state index contributed by atoms with van der Waals surface area (Å²) in [7, 11) is 0. The van der Waals surface area contributed by atoms with Gasteiger partial charge in [-0.2, -0.15) is 0 Å². The number of hydrogen-bond donors (Lipinski definition) is 0. The molecule has 0 amide bonds. The van der Waals surface area contributed by atoms with Crippen molar-refractivity contribution in [3.63, 3.8) is 0 Å². The number of hydrogen-bond acceptors (Lipinski definition) is 1. The number of rotatable bonds is 3. The lowest BCUT2D eigenvalue weighted by molar-refractivity contribution is 0.0882. The molecule has 0 aromatic carbocycles. The number of nitrogens with zero attached hydrogens (tertiary/aromatic N) is 1.